The van der Waals surface area contributed by atoms with E-state index >= 15 is 0 Å². The molecule has 4 aliphatic rings. The number of hydrogen-bond donors (Lipinski definition) is 16. The molecule has 4 aliphatic heterocycles. The molecule has 0 spiro atoms. The normalized spacial score (nSPS) is 44.4. The summed E-state index contributed by atoms with van der Waals surface area (Å²) in [7, 11) is 0. The third-order valence-electron chi connectivity index (χ3n) is 10.2. The summed E-state index contributed by atoms with van der Waals surface area (Å²) >= 11 is 1.56. The Hall–Kier alpha value is -1.16. The van der Waals surface area contributed by atoms with Crippen molar-refractivity contribution in [2.24, 2.45) is 10.3 Å². The molecule has 24 nitrogen and oxygen atoms in total. The number of ether oxygens (including phenoxy) is 6. The molecule has 0 aliphatic carbocycles. The van der Waals surface area contributed by atoms with Crippen LogP contribution in [0.1, 0.15) is 38.5 Å². The first-order valence-electron chi connectivity index (χ1n) is 18.6. The molecule has 0 unspecified atom stereocenters. The highest BCUT2D eigenvalue weighted by atomic mass is 32.2. The van der Waals surface area contributed by atoms with Gasteiger partial charge in [0.05, 0.1) is 26.4 Å². The topological polar surface area (TPSA) is 404 Å². The van der Waals surface area contributed by atoms with Crippen LogP contribution in [0.4, 0.5) is 0 Å². The van der Waals surface area contributed by atoms with Crippen LogP contribution >= 0.6 is 23.5 Å². The Balaban J connectivity index is 1.20. The van der Waals surface area contributed by atoms with E-state index in [2.05, 4.69) is 10.3 Å². The SMILES string of the molecule is OC[C@H]1O[C@@H](O[C@H]2[C@H](O)[C@@H](O)[C@H](S/C(CCCCCC/C(=N/O)S[C@@H]3O[C@H](CO)[C@@H](O[C@@H]4O[C@H](CO)[C@H](O)[C@H](O)[C@H]4O)[C@H](O)[C@H]3O)=N\O)O[C@@H]2CO)[C@H](O)[C@@H](O)[C@H]1O. The quantitative estimate of drug-likeness (QED) is 0.0212. The van der Waals surface area contributed by atoms with E-state index in [4.69, 9.17) is 28.4 Å². The highest BCUT2D eigenvalue weighted by molar-refractivity contribution is 8.14. The van der Waals surface area contributed by atoms with Gasteiger partial charge < -0.3 is 110 Å². The van der Waals surface area contributed by atoms with Gasteiger partial charge >= 0.3 is 0 Å². The molecule has 4 saturated heterocycles. The Morgan fingerprint density at radius 1 is 0.414 bits per heavy atom. The smallest absolute Gasteiger partial charge is 0.187 e. The number of hydrogen-bond acceptors (Lipinski definition) is 26. The summed E-state index contributed by atoms with van der Waals surface area (Å²) in [6.07, 6.45) is -26.5. The Morgan fingerprint density at radius 3 is 1.07 bits per heavy atom. The molecule has 58 heavy (non-hydrogen) atoms. The maximum absolute atomic E-state index is 10.9. The first-order valence-corrected chi connectivity index (χ1v) is 20.3. The van der Waals surface area contributed by atoms with Crippen LogP contribution in [0.3, 0.4) is 0 Å². The fourth-order valence-corrected chi connectivity index (χ4v) is 8.90. The molecule has 16 N–H and O–H groups in total. The lowest BCUT2D eigenvalue weighted by Gasteiger charge is -2.46. The van der Waals surface area contributed by atoms with Gasteiger partial charge in [0.15, 0.2) is 12.6 Å². The van der Waals surface area contributed by atoms with E-state index in [9.17, 15) is 81.9 Å². The van der Waals surface area contributed by atoms with Gasteiger partial charge in [0, 0.05) is 0 Å². The minimum Gasteiger partial charge on any atom is -0.410 e. The lowest BCUT2D eigenvalue weighted by molar-refractivity contribution is -0.338. The Labute approximate surface area is 339 Å². The van der Waals surface area contributed by atoms with Crippen molar-refractivity contribution in [3.8, 4) is 0 Å². The van der Waals surface area contributed by atoms with Crippen molar-refractivity contribution in [3.63, 3.8) is 0 Å². The van der Waals surface area contributed by atoms with E-state index < -0.39 is 148 Å². The van der Waals surface area contributed by atoms with Gasteiger partial charge in [0.1, 0.15) is 119 Å². The van der Waals surface area contributed by atoms with Crippen molar-refractivity contribution < 1.29 is 110 Å². The molecule has 338 valence electrons. The largest absolute Gasteiger partial charge is 0.410 e. The van der Waals surface area contributed by atoms with Gasteiger partial charge in [0.2, 0.25) is 0 Å². The standard InChI is InChI=1S/C32H56N2O22S2/c35-7-11-17(39)19(41)23(45)29(51-11)55-27-13(9-37)53-31(25(47)21(27)43)57-15(33-49)5-3-1-2-4-6-16(34-50)58-32-26(48)22(44)28(14(10-38)54-32)56-30-24(46)20(42)18(40)12(8-36)52-30/h11-14,17-32,35-50H,1-10H2/b33-15-,34-16-/t11-,12-,13-,14-,17+,18+,19+,20+,21-,22-,23-,24-,25-,26-,27-,28-,29+,30+,31+,32+/m1/s1. The maximum atomic E-state index is 10.9. The fraction of sp³-hybridized carbons (Fsp3) is 0.938. The molecule has 0 aromatic rings. The van der Waals surface area contributed by atoms with E-state index in [0.29, 0.717) is 25.7 Å². The van der Waals surface area contributed by atoms with Crippen LogP contribution in [-0.4, -0.2) is 240 Å². The zero-order valence-electron chi connectivity index (χ0n) is 30.9. The van der Waals surface area contributed by atoms with E-state index in [0.717, 1.165) is 23.5 Å². The Bertz CT molecular complexity index is 1200. The van der Waals surface area contributed by atoms with Crippen molar-refractivity contribution in [2.45, 2.75) is 160 Å². The van der Waals surface area contributed by atoms with Crippen molar-refractivity contribution in [2.75, 3.05) is 26.4 Å². The third-order valence-corrected chi connectivity index (χ3v) is 12.5. The molecule has 4 fully saturated rings. The molecule has 0 amide bonds. The Morgan fingerprint density at radius 2 is 0.759 bits per heavy atom. The van der Waals surface area contributed by atoms with Crippen LogP contribution in [0, 0.1) is 0 Å². The van der Waals surface area contributed by atoms with Crippen LogP contribution in [0.15, 0.2) is 10.3 Å². The van der Waals surface area contributed by atoms with Crippen molar-refractivity contribution in [1.82, 2.24) is 0 Å². The minimum atomic E-state index is -1.82. The average molecular weight is 885 g/mol. The molecule has 0 saturated carbocycles. The maximum Gasteiger partial charge on any atom is 0.187 e. The molecule has 0 aromatic heterocycles. The summed E-state index contributed by atoms with van der Waals surface area (Å²) in [4.78, 5) is 0. The fourth-order valence-electron chi connectivity index (χ4n) is 6.74. The second-order valence-electron chi connectivity index (χ2n) is 14.1. The third kappa shape index (κ3) is 11.8. The summed E-state index contributed by atoms with van der Waals surface area (Å²) in [5.74, 6) is 0. The number of thioether (sulfide) groups is 2. The van der Waals surface area contributed by atoms with Gasteiger partial charge in [-0.2, -0.15) is 0 Å². The first-order chi connectivity index (χ1) is 27.6. The van der Waals surface area contributed by atoms with Gasteiger partial charge in [-0.1, -0.05) is 46.7 Å². The number of unbranched alkanes of at least 4 members (excludes halogenated alkanes) is 3. The summed E-state index contributed by atoms with van der Waals surface area (Å²) in [6, 6.07) is 0. The van der Waals surface area contributed by atoms with E-state index in [-0.39, 0.29) is 22.9 Å². The average Bonchev–Trinajstić information content (AvgIpc) is 3.22. The van der Waals surface area contributed by atoms with E-state index in [1.165, 1.54) is 0 Å². The van der Waals surface area contributed by atoms with Crippen LogP contribution in [0.25, 0.3) is 0 Å². The summed E-state index contributed by atoms with van der Waals surface area (Å²) in [5, 5.41) is 169. The van der Waals surface area contributed by atoms with Crippen molar-refractivity contribution >= 4 is 33.6 Å². The number of oxime groups is 2. The predicted octanol–water partition coefficient (Wildman–Crippen LogP) is -6.38. The Kier molecular flexibility index (Phi) is 19.9. The number of aliphatic hydroxyl groups is 14. The highest BCUT2D eigenvalue weighted by Crippen LogP contribution is 2.36. The minimum absolute atomic E-state index is 0.115. The predicted molar refractivity (Wildman–Crippen MR) is 194 cm³/mol. The molecule has 26 heteroatoms. The van der Waals surface area contributed by atoms with E-state index in [1.807, 2.05) is 0 Å². The monoisotopic (exact) mass is 884 g/mol. The molecule has 0 bridgehead atoms. The van der Waals surface area contributed by atoms with Gasteiger partial charge in [-0.05, 0) is 25.7 Å². The van der Waals surface area contributed by atoms with Crippen molar-refractivity contribution in [1.29, 1.82) is 0 Å². The van der Waals surface area contributed by atoms with Gasteiger partial charge in [-0.25, -0.2) is 0 Å². The summed E-state index contributed by atoms with van der Waals surface area (Å²) < 4.78 is 33.1. The zero-order valence-corrected chi connectivity index (χ0v) is 32.6. The van der Waals surface area contributed by atoms with Gasteiger partial charge in [0.25, 0.3) is 0 Å². The number of aliphatic hydroxyl groups excluding tert-OH is 14. The van der Waals surface area contributed by atoms with Gasteiger partial charge in [-0.15, -0.1) is 0 Å². The van der Waals surface area contributed by atoms with Crippen LogP contribution in [-0.2, 0) is 28.4 Å². The second kappa shape index (κ2) is 23.3. The second-order valence-corrected chi connectivity index (χ2v) is 16.5. The molecular weight excluding hydrogens is 828 g/mol. The molecule has 4 heterocycles. The van der Waals surface area contributed by atoms with Crippen LogP contribution in [0.5, 0.6) is 0 Å². The lowest BCUT2D eigenvalue weighted by atomic mass is 9.97. The highest BCUT2D eigenvalue weighted by Gasteiger charge is 2.52. The molecular formula is C32H56N2O22S2. The van der Waals surface area contributed by atoms with E-state index in [1.54, 1.807) is 0 Å². The lowest BCUT2D eigenvalue weighted by Crippen LogP contribution is -2.64. The van der Waals surface area contributed by atoms with Crippen molar-refractivity contribution in [3.05, 3.63) is 0 Å². The zero-order chi connectivity index (χ0) is 42.8. The summed E-state index contributed by atoms with van der Waals surface area (Å²) in [6.45, 7) is -2.94. The van der Waals surface area contributed by atoms with Crippen LogP contribution < -0.4 is 0 Å². The van der Waals surface area contributed by atoms with Crippen LogP contribution in [0.2, 0.25) is 0 Å². The first kappa shape index (κ1) is 49.5. The summed E-state index contributed by atoms with van der Waals surface area (Å²) in [5.41, 5.74) is -2.49. The molecule has 4 rings (SSSR count). The number of rotatable bonds is 17. The molecule has 0 aromatic carbocycles. The molecule has 20 atom stereocenters. The molecule has 0 radical (unpaired) electrons. The van der Waals surface area contributed by atoms with Gasteiger partial charge in [-0.3, -0.25) is 0 Å². The number of nitrogens with zero attached hydrogens (tertiary/aromatic N) is 2.